The number of carbonyl (C=O) groups is 3. The number of anilines is 1. The van der Waals surface area contributed by atoms with Crippen molar-refractivity contribution < 1.29 is 19.1 Å². The maximum atomic E-state index is 12.6. The maximum absolute atomic E-state index is 12.6. The number of nitrogens with one attached hydrogen (secondary N) is 3. The summed E-state index contributed by atoms with van der Waals surface area (Å²) in [5, 5.41) is 10.9. The second-order valence-electron chi connectivity index (χ2n) is 12.5. The molecule has 11 heteroatoms. The Balaban J connectivity index is 0.000000671. The summed E-state index contributed by atoms with van der Waals surface area (Å²) in [5.74, 6) is 0.325. The average molecular weight is 684 g/mol. The van der Waals surface area contributed by atoms with Crippen molar-refractivity contribution in [3.63, 3.8) is 0 Å². The van der Waals surface area contributed by atoms with E-state index in [1.54, 1.807) is 7.05 Å². The van der Waals surface area contributed by atoms with Gasteiger partial charge >= 0.3 is 0 Å². The minimum Gasteiger partial charge on any atom is -0.462 e. The summed E-state index contributed by atoms with van der Waals surface area (Å²) >= 11 is 3.00. The third-order valence-electron chi connectivity index (χ3n) is 6.92. The summed E-state index contributed by atoms with van der Waals surface area (Å²) in [7, 11) is 1.74. The summed E-state index contributed by atoms with van der Waals surface area (Å²) in [6.07, 6.45) is 3.20. The molecule has 1 aromatic heterocycles. The van der Waals surface area contributed by atoms with Gasteiger partial charge in [0.1, 0.15) is 5.60 Å². The monoisotopic (exact) mass is 683 g/mol. The van der Waals surface area contributed by atoms with E-state index in [0.29, 0.717) is 12.2 Å². The standard InChI is InChI=1S/C28H35N5O2S2.C5H10O2.C3H8/c1-19-7-8-21(13-20(19)2)16-33-11-9-23(10-12-33)30-27(35)18-37-28-32-25(17-36-28)22-5-4-6-24(14-22)31-26(34)15-29-3;1-5(2,3)7-4-6;1-3-2/h4-8,13-14,17,23,29H,9-12,15-16,18H2,1-3H3,(H,30,35)(H,31,34);4H,1-3H3;3H2,1-2H3. The molecule has 1 aliphatic heterocycles. The van der Waals surface area contributed by atoms with E-state index >= 15 is 0 Å². The van der Waals surface area contributed by atoms with Crippen LogP contribution >= 0.6 is 23.1 Å². The number of likely N-dealkylation sites (N-methyl/N-ethyl adjacent to an activating group) is 1. The lowest BCUT2D eigenvalue weighted by Crippen LogP contribution is -2.44. The molecule has 258 valence electrons. The molecule has 1 fully saturated rings. The lowest BCUT2D eigenvalue weighted by molar-refractivity contribution is -0.138. The fourth-order valence-electron chi connectivity index (χ4n) is 4.51. The van der Waals surface area contributed by atoms with Crippen molar-refractivity contribution in [2.24, 2.45) is 0 Å². The van der Waals surface area contributed by atoms with Crippen LogP contribution in [0.1, 0.15) is 70.6 Å². The number of aryl methyl sites for hydroxylation is 2. The van der Waals surface area contributed by atoms with Crippen LogP contribution in [-0.2, 0) is 25.7 Å². The molecule has 0 spiro atoms. The zero-order valence-electron chi connectivity index (χ0n) is 29.3. The van der Waals surface area contributed by atoms with Gasteiger partial charge in [0.15, 0.2) is 4.34 Å². The van der Waals surface area contributed by atoms with Gasteiger partial charge in [0.05, 0.1) is 18.0 Å². The van der Waals surface area contributed by atoms with Crippen LogP contribution in [0.25, 0.3) is 11.3 Å². The summed E-state index contributed by atoms with van der Waals surface area (Å²) in [5.41, 5.74) is 6.22. The SMILES string of the molecule is CC(C)(C)OC=O.CCC.CNCC(=O)Nc1cccc(-c2csc(SCC(=O)NC3CCN(Cc4ccc(C)c(C)c4)CC3)n2)c1. The number of benzene rings is 2. The number of thioether (sulfide) groups is 1. The number of rotatable bonds is 11. The molecule has 3 N–H and O–H groups in total. The van der Waals surface area contributed by atoms with E-state index in [4.69, 9.17) is 0 Å². The topological polar surface area (TPSA) is 113 Å². The van der Waals surface area contributed by atoms with Gasteiger partial charge in [-0.3, -0.25) is 19.3 Å². The fourth-order valence-corrected chi connectivity index (χ4v) is 6.16. The van der Waals surface area contributed by atoms with Gasteiger partial charge in [0.25, 0.3) is 6.47 Å². The highest BCUT2D eigenvalue weighted by atomic mass is 32.2. The zero-order valence-corrected chi connectivity index (χ0v) is 30.9. The number of likely N-dealkylation sites (tertiary alicyclic amines) is 1. The molecular weight excluding hydrogens is 631 g/mol. The van der Waals surface area contributed by atoms with Crippen LogP contribution in [-0.4, -0.2) is 72.2 Å². The van der Waals surface area contributed by atoms with Crippen molar-refractivity contribution in [1.82, 2.24) is 20.5 Å². The highest BCUT2D eigenvalue weighted by Crippen LogP contribution is 2.29. The van der Waals surface area contributed by atoms with Crippen molar-refractivity contribution in [3.05, 3.63) is 64.5 Å². The Bertz CT molecular complexity index is 1400. The largest absolute Gasteiger partial charge is 0.462 e. The van der Waals surface area contributed by atoms with Crippen LogP contribution in [0.15, 0.2) is 52.2 Å². The van der Waals surface area contributed by atoms with E-state index in [1.165, 1.54) is 46.2 Å². The molecule has 1 saturated heterocycles. The molecule has 0 unspecified atom stereocenters. The minimum atomic E-state index is -0.318. The summed E-state index contributed by atoms with van der Waals surface area (Å²) < 4.78 is 5.41. The van der Waals surface area contributed by atoms with Crippen LogP contribution in [0.4, 0.5) is 5.69 Å². The summed E-state index contributed by atoms with van der Waals surface area (Å²) in [6, 6.07) is 14.6. The summed E-state index contributed by atoms with van der Waals surface area (Å²) in [4.78, 5) is 41.2. The van der Waals surface area contributed by atoms with Gasteiger partial charge in [0.2, 0.25) is 11.8 Å². The Morgan fingerprint density at radius 3 is 2.36 bits per heavy atom. The van der Waals surface area contributed by atoms with Gasteiger partial charge in [0, 0.05) is 42.3 Å². The van der Waals surface area contributed by atoms with Crippen LogP contribution in [0.5, 0.6) is 0 Å². The van der Waals surface area contributed by atoms with Gasteiger partial charge in [-0.25, -0.2) is 4.98 Å². The van der Waals surface area contributed by atoms with E-state index in [0.717, 1.165) is 53.8 Å². The predicted molar refractivity (Wildman–Crippen MR) is 196 cm³/mol. The quantitative estimate of drug-likeness (QED) is 0.149. The second kappa shape index (κ2) is 20.9. The van der Waals surface area contributed by atoms with E-state index in [2.05, 4.69) is 76.5 Å². The van der Waals surface area contributed by atoms with Gasteiger partial charge in [-0.1, -0.05) is 62.4 Å². The van der Waals surface area contributed by atoms with Crippen molar-refractivity contribution in [1.29, 1.82) is 0 Å². The first-order valence-corrected chi connectivity index (χ1v) is 18.1. The maximum Gasteiger partial charge on any atom is 0.293 e. The van der Waals surface area contributed by atoms with Crippen molar-refractivity contribution >= 4 is 47.1 Å². The van der Waals surface area contributed by atoms with E-state index in [1.807, 2.05) is 50.4 Å². The Labute approximate surface area is 289 Å². The average Bonchev–Trinajstić information content (AvgIpc) is 3.49. The third-order valence-corrected chi connectivity index (χ3v) is 8.94. The van der Waals surface area contributed by atoms with Crippen LogP contribution in [0, 0.1) is 13.8 Å². The molecule has 2 heterocycles. The number of nitrogens with zero attached hydrogens (tertiary/aromatic N) is 2. The highest BCUT2D eigenvalue weighted by Gasteiger charge is 2.21. The fraction of sp³-hybridized carbons (Fsp3) is 0.500. The normalized spacial score (nSPS) is 13.4. The van der Waals surface area contributed by atoms with Gasteiger partial charge in [-0.05, 0) is 83.3 Å². The molecule has 2 aromatic carbocycles. The molecule has 0 saturated carbocycles. The molecule has 0 radical (unpaired) electrons. The Kier molecular flexibility index (Phi) is 17.7. The zero-order chi connectivity index (χ0) is 34.8. The number of aromatic nitrogens is 1. The molecule has 3 aromatic rings. The molecule has 0 aliphatic carbocycles. The Hall–Kier alpha value is -3.25. The smallest absolute Gasteiger partial charge is 0.293 e. The van der Waals surface area contributed by atoms with Crippen molar-refractivity contribution in [2.75, 3.05) is 37.8 Å². The molecule has 0 atom stereocenters. The van der Waals surface area contributed by atoms with Gasteiger partial charge in [-0.2, -0.15) is 0 Å². The summed E-state index contributed by atoms with van der Waals surface area (Å²) in [6.45, 7) is 17.7. The first-order chi connectivity index (χ1) is 22.4. The molecule has 4 rings (SSSR count). The highest BCUT2D eigenvalue weighted by molar-refractivity contribution is 8.01. The first-order valence-electron chi connectivity index (χ1n) is 16.2. The number of hydrogen-bond donors (Lipinski definition) is 3. The van der Waals surface area contributed by atoms with Crippen LogP contribution < -0.4 is 16.0 Å². The molecule has 0 bridgehead atoms. The Morgan fingerprint density at radius 1 is 1.06 bits per heavy atom. The number of carbonyl (C=O) groups excluding carboxylic acids is 3. The van der Waals surface area contributed by atoms with Gasteiger partial charge in [-0.15, -0.1) is 11.3 Å². The van der Waals surface area contributed by atoms with Crippen molar-refractivity contribution in [2.45, 2.75) is 90.3 Å². The third kappa shape index (κ3) is 15.9. The molecule has 2 amide bonds. The molecule has 9 nitrogen and oxygen atoms in total. The molecule has 1 aliphatic rings. The number of ether oxygens (including phenoxy) is 1. The molecule has 47 heavy (non-hydrogen) atoms. The van der Waals surface area contributed by atoms with Crippen molar-refractivity contribution in [3.8, 4) is 11.3 Å². The second-order valence-corrected chi connectivity index (χ2v) is 14.6. The van der Waals surface area contributed by atoms with E-state index in [9.17, 15) is 14.4 Å². The predicted octanol–water partition coefficient (Wildman–Crippen LogP) is 6.83. The lowest BCUT2D eigenvalue weighted by Gasteiger charge is -2.32. The first kappa shape index (κ1) is 39.9. The molecular formula is C36H53N5O4S2. The number of thiazole rings is 1. The Morgan fingerprint density at radius 2 is 1.77 bits per heavy atom. The number of piperidine rings is 1. The van der Waals surface area contributed by atoms with E-state index in [-0.39, 0.29) is 30.0 Å². The van der Waals surface area contributed by atoms with Gasteiger partial charge < -0.3 is 20.7 Å². The number of amides is 2. The number of hydrogen-bond acceptors (Lipinski definition) is 9. The minimum absolute atomic E-state index is 0.0589. The van der Waals surface area contributed by atoms with E-state index < -0.39 is 0 Å². The van der Waals surface area contributed by atoms with Crippen LogP contribution in [0.2, 0.25) is 0 Å². The lowest BCUT2D eigenvalue weighted by atomic mass is 10.0. The van der Waals surface area contributed by atoms with Crippen LogP contribution in [0.3, 0.4) is 0 Å².